The molecule has 0 aliphatic carbocycles. The molecule has 0 aromatic heterocycles. The Bertz CT molecular complexity index is 502. The molecule has 1 aliphatic rings. The molecular weight excluding hydrogens is 254 g/mol. The van der Waals surface area contributed by atoms with Crippen molar-refractivity contribution in [3.05, 3.63) is 29.8 Å². The van der Waals surface area contributed by atoms with Gasteiger partial charge in [-0.25, -0.2) is 0 Å². The number of carbonyl (C=O) groups is 2. The zero-order valence-corrected chi connectivity index (χ0v) is 11.9. The molecule has 5 heteroatoms. The van der Waals surface area contributed by atoms with Gasteiger partial charge in [0.15, 0.2) is 0 Å². The maximum absolute atomic E-state index is 12.3. The maximum atomic E-state index is 12.3. The highest BCUT2D eigenvalue weighted by molar-refractivity contribution is 5.86. The summed E-state index contributed by atoms with van der Waals surface area (Å²) in [6, 6.07) is 8.19. The summed E-state index contributed by atoms with van der Waals surface area (Å²) in [7, 11) is 0. The van der Waals surface area contributed by atoms with Gasteiger partial charge in [-0.3, -0.25) is 9.59 Å². The van der Waals surface area contributed by atoms with Crippen molar-refractivity contribution in [2.75, 3.05) is 18.4 Å². The third-order valence-corrected chi connectivity index (χ3v) is 3.44. The van der Waals surface area contributed by atoms with Crippen molar-refractivity contribution in [1.29, 1.82) is 0 Å². The lowest BCUT2D eigenvalue weighted by atomic mass is 9.87. The van der Waals surface area contributed by atoms with Crippen molar-refractivity contribution < 1.29 is 9.59 Å². The van der Waals surface area contributed by atoms with Gasteiger partial charge in [-0.15, -0.1) is 0 Å². The summed E-state index contributed by atoms with van der Waals surface area (Å²) >= 11 is 0. The summed E-state index contributed by atoms with van der Waals surface area (Å²) in [5.74, 6) is -0.184. The minimum atomic E-state index is -0.125. The molecule has 0 saturated carbocycles. The second-order valence-corrected chi connectivity index (χ2v) is 5.19. The molecular formula is C15H21N3O2. The molecule has 2 unspecified atom stereocenters. The van der Waals surface area contributed by atoms with Crippen LogP contribution in [0.2, 0.25) is 0 Å². The molecule has 20 heavy (non-hydrogen) atoms. The summed E-state index contributed by atoms with van der Waals surface area (Å²) in [5.41, 5.74) is 2.08. The quantitative estimate of drug-likeness (QED) is 0.724. The molecule has 2 rings (SSSR count). The lowest BCUT2D eigenvalue weighted by molar-refractivity contribution is -0.123. The van der Waals surface area contributed by atoms with Crippen molar-refractivity contribution >= 4 is 17.5 Å². The van der Waals surface area contributed by atoms with Gasteiger partial charge in [0.2, 0.25) is 11.8 Å². The molecule has 2 atom stereocenters. The number of amides is 2. The van der Waals surface area contributed by atoms with Crippen LogP contribution in [-0.2, 0) is 9.59 Å². The Kier molecular flexibility index (Phi) is 4.61. The average molecular weight is 275 g/mol. The molecule has 0 spiro atoms. The van der Waals surface area contributed by atoms with Crippen molar-refractivity contribution in [3.8, 4) is 0 Å². The number of nitrogens with one attached hydrogen (secondary N) is 3. The average Bonchev–Trinajstić information content (AvgIpc) is 2.42. The SMILES string of the molecule is CC(=O)NCCNC(=O)C1CC(C)Nc2ccccc21. The zero-order valence-electron chi connectivity index (χ0n) is 11.9. The first-order chi connectivity index (χ1) is 9.58. The van der Waals surface area contributed by atoms with Crippen LogP contribution in [0.3, 0.4) is 0 Å². The highest BCUT2D eigenvalue weighted by Crippen LogP contribution is 2.33. The molecule has 3 N–H and O–H groups in total. The smallest absolute Gasteiger partial charge is 0.227 e. The number of anilines is 1. The lowest BCUT2D eigenvalue weighted by Crippen LogP contribution is -2.39. The van der Waals surface area contributed by atoms with Crippen LogP contribution >= 0.6 is 0 Å². The number of hydrogen-bond acceptors (Lipinski definition) is 3. The number of rotatable bonds is 4. The number of fused-ring (bicyclic) bond motifs is 1. The third-order valence-electron chi connectivity index (χ3n) is 3.44. The van der Waals surface area contributed by atoms with E-state index in [1.165, 1.54) is 6.92 Å². The van der Waals surface area contributed by atoms with E-state index >= 15 is 0 Å². The normalized spacial score (nSPS) is 20.5. The molecule has 2 amide bonds. The van der Waals surface area contributed by atoms with Gasteiger partial charge >= 0.3 is 0 Å². The summed E-state index contributed by atoms with van der Waals surface area (Å²) < 4.78 is 0. The number of benzene rings is 1. The molecule has 0 saturated heterocycles. The topological polar surface area (TPSA) is 70.2 Å². The van der Waals surface area contributed by atoms with E-state index in [0.717, 1.165) is 17.7 Å². The lowest BCUT2D eigenvalue weighted by Gasteiger charge is -2.30. The predicted molar refractivity (Wildman–Crippen MR) is 78.6 cm³/mol. The van der Waals surface area contributed by atoms with E-state index in [1.54, 1.807) is 0 Å². The summed E-state index contributed by atoms with van der Waals surface area (Å²) in [6.07, 6.45) is 0.781. The Morgan fingerprint density at radius 3 is 2.70 bits per heavy atom. The van der Waals surface area contributed by atoms with Gasteiger partial charge in [0.25, 0.3) is 0 Å². The van der Waals surface area contributed by atoms with E-state index in [4.69, 9.17) is 0 Å². The minimum Gasteiger partial charge on any atom is -0.382 e. The molecule has 1 aromatic rings. The van der Waals surface area contributed by atoms with E-state index in [9.17, 15) is 9.59 Å². The van der Waals surface area contributed by atoms with Crippen LogP contribution in [0.5, 0.6) is 0 Å². The van der Waals surface area contributed by atoms with Gasteiger partial charge in [-0.1, -0.05) is 18.2 Å². The maximum Gasteiger partial charge on any atom is 0.227 e. The first-order valence-corrected chi connectivity index (χ1v) is 6.95. The number of hydrogen-bond donors (Lipinski definition) is 3. The van der Waals surface area contributed by atoms with E-state index in [2.05, 4.69) is 22.9 Å². The predicted octanol–water partition coefficient (Wildman–Crippen LogP) is 1.23. The van der Waals surface area contributed by atoms with Gasteiger partial charge in [-0.2, -0.15) is 0 Å². The fraction of sp³-hybridized carbons (Fsp3) is 0.467. The van der Waals surface area contributed by atoms with E-state index < -0.39 is 0 Å². The molecule has 5 nitrogen and oxygen atoms in total. The molecule has 0 fully saturated rings. The Morgan fingerprint density at radius 2 is 1.95 bits per heavy atom. The molecule has 1 aliphatic heterocycles. The fourth-order valence-electron chi connectivity index (χ4n) is 2.53. The second-order valence-electron chi connectivity index (χ2n) is 5.19. The van der Waals surface area contributed by atoms with Gasteiger partial charge in [0, 0.05) is 31.7 Å². The van der Waals surface area contributed by atoms with Crippen LogP contribution in [0.15, 0.2) is 24.3 Å². The van der Waals surface area contributed by atoms with Crippen molar-refractivity contribution in [3.63, 3.8) is 0 Å². The van der Waals surface area contributed by atoms with Crippen molar-refractivity contribution in [2.24, 2.45) is 0 Å². The van der Waals surface area contributed by atoms with Crippen LogP contribution in [0.25, 0.3) is 0 Å². The van der Waals surface area contributed by atoms with Crippen LogP contribution in [0.1, 0.15) is 31.7 Å². The molecule has 108 valence electrons. The number of carbonyl (C=O) groups excluding carboxylic acids is 2. The van der Waals surface area contributed by atoms with Gasteiger partial charge in [0.1, 0.15) is 0 Å². The second kappa shape index (κ2) is 6.41. The molecule has 0 bridgehead atoms. The largest absolute Gasteiger partial charge is 0.382 e. The molecule has 1 heterocycles. The Labute approximate surface area is 119 Å². The van der Waals surface area contributed by atoms with Crippen LogP contribution in [-0.4, -0.2) is 30.9 Å². The van der Waals surface area contributed by atoms with Crippen LogP contribution in [0.4, 0.5) is 5.69 Å². The highest BCUT2D eigenvalue weighted by Gasteiger charge is 2.29. The molecule has 0 radical (unpaired) electrons. The van der Waals surface area contributed by atoms with Gasteiger partial charge in [0.05, 0.1) is 5.92 Å². The fourth-order valence-corrected chi connectivity index (χ4v) is 2.53. The zero-order chi connectivity index (χ0) is 14.5. The van der Waals surface area contributed by atoms with Crippen molar-refractivity contribution in [2.45, 2.75) is 32.2 Å². The summed E-state index contributed by atoms with van der Waals surface area (Å²) in [4.78, 5) is 23.1. The standard InChI is InChI=1S/C15H21N3O2/c1-10-9-13(12-5-3-4-6-14(12)18-10)15(20)17-8-7-16-11(2)19/h3-6,10,13,18H,7-9H2,1-2H3,(H,16,19)(H,17,20). The monoisotopic (exact) mass is 275 g/mol. The number of para-hydroxylation sites is 1. The van der Waals surface area contributed by atoms with Gasteiger partial charge < -0.3 is 16.0 Å². The van der Waals surface area contributed by atoms with Gasteiger partial charge in [-0.05, 0) is 25.0 Å². The Hall–Kier alpha value is -2.04. The van der Waals surface area contributed by atoms with E-state index in [0.29, 0.717) is 13.1 Å². The van der Waals surface area contributed by atoms with Crippen LogP contribution < -0.4 is 16.0 Å². The molecule has 1 aromatic carbocycles. The first-order valence-electron chi connectivity index (χ1n) is 6.95. The van der Waals surface area contributed by atoms with Crippen LogP contribution in [0, 0.1) is 0 Å². The minimum absolute atomic E-state index is 0.0242. The highest BCUT2D eigenvalue weighted by atomic mass is 16.2. The summed E-state index contributed by atoms with van der Waals surface area (Å²) in [5, 5.41) is 8.94. The first kappa shape index (κ1) is 14.4. The van der Waals surface area contributed by atoms with Crippen molar-refractivity contribution in [1.82, 2.24) is 10.6 Å². The Morgan fingerprint density at radius 1 is 1.25 bits per heavy atom. The Balaban J connectivity index is 1.97. The van der Waals surface area contributed by atoms with E-state index in [-0.39, 0.29) is 23.8 Å². The third kappa shape index (κ3) is 3.50. The van der Waals surface area contributed by atoms with E-state index in [1.807, 2.05) is 24.3 Å². The summed E-state index contributed by atoms with van der Waals surface area (Å²) in [6.45, 7) is 4.46.